The number of carboxylic acid groups (broad SMARTS) is 2. The number of nitrogens with one attached hydrogen (secondary N) is 12. The molecule has 0 aliphatic heterocycles. The minimum absolute atomic E-state index is 0.0206. The van der Waals surface area contributed by atoms with Crippen LogP contribution < -0.4 is 88.0 Å². The number of phenolic OH excluding ortho intramolecular Hbond substituents is 1. The first kappa shape index (κ1) is 78.1. The number of imidazole rings is 3. The Morgan fingerprint density at radius 1 is 0.443 bits per heavy atom. The van der Waals surface area contributed by atoms with Crippen LogP contribution in [-0.4, -0.2) is 213 Å². The Balaban J connectivity index is 1.67. The molecule has 3 heterocycles. The highest BCUT2D eigenvalue weighted by molar-refractivity contribution is 7.80. The molecule has 0 saturated heterocycles. The van der Waals surface area contributed by atoms with Gasteiger partial charge in [0.05, 0.1) is 31.4 Å². The smallest absolute Gasteiger partial charge is 0.326 e. The summed E-state index contributed by atoms with van der Waals surface area (Å²) in [5.74, 6) is -15.5. The summed E-state index contributed by atoms with van der Waals surface area (Å²) in [5, 5.41) is 51.1. The van der Waals surface area contributed by atoms with Crippen LogP contribution in [-0.2, 0) is 88.0 Å². The van der Waals surface area contributed by atoms with E-state index in [0.717, 1.165) is 0 Å². The molecule has 11 amide bonds. The number of carbonyl (C=O) groups excluding carboxylic acids is 11. The van der Waals surface area contributed by atoms with Crippen LogP contribution in [0.4, 0.5) is 0 Å². The van der Waals surface area contributed by atoms with Gasteiger partial charge in [0.15, 0.2) is 11.9 Å². The Morgan fingerprint density at radius 3 is 1.20 bits per heavy atom. The van der Waals surface area contributed by atoms with Crippen LogP contribution in [0.2, 0.25) is 0 Å². The van der Waals surface area contributed by atoms with Crippen molar-refractivity contribution in [1.82, 2.24) is 77.8 Å². The molecule has 97 heavy (non-hydrogen) atoms. The van der Waals surface area contributed by atoms with E-state index in [1.54, 1.807) is 0 Å². The van der Waals surface area contributed by atoms with Crippen molar-refractivity contribution in [1.29, 1.82) is 0 Å². The lowest BCUT2D eigenvalue weighted by Crippen LogP contribution is -2.61. The number of aromatic hydroxyl groups is 1. The topological polar surface area (TPSA) is 684 Å². The van der Waals surface area contributed by atoms with E-state index in [1.165, 1.54) is 61.8 Å². The zero-order chi connectivity index (χ0) is 71.7. The number of carbonyl (C=O) groups is 13. The molecule has 40 nitrogen and oxygen atoms in total. The van der Waals surface area contributed by atoms with Gasteiger partial charge in [0.2, 0.25) is 65.0 Å². The van der Waals surface area contributed by atoms with E-state index in [1.807, 2.05) is 0 Å². The van der Waals surface area contributed by atoms with Gasteiger partial charge in [-0.25, -0.2) is 19.7 Å². The first-order chi connectivity index (χ1) is 46.0. The third-order valence-corrected chi connectivity index (χ3v) is 14.5. The maximum Gasteiger partial charge on any atom is 0.326 e. The van der Waals surface area contributed by atoms with Crippen molar-refractivity contribution in [3.63, 3.8) is 0 Å². The fraction of sp³-hybridized carbons (Fsp3) is 0.464. The highest BCUT2D eigenvalue weighted by atomic mass is 32.1. The maximum absolute atomic E-state index is 14.9. The predicted molar refractivity (Wildman–Crippen MR) is 344 cm³/mol. The van der Waals surface area contributed by atoms with E-state index >= 15 is 0 Å². The first-order valence-electron chi connectivity index (χ1n) is 29.9. The zero-order valence-corrected chi connectivity index (χ0v) is 53.1. The molecular weight excluding hydrogens is 1300 g/mol. The number of guanidine groups is 2. The van der Waals surface area contributed by atoms with Crippen LogP contribution >= 0.6 is 12.6 Å². The molecule has 1 aromatic carbocycles. The van der Waals surface area contributed by atoms with Gasteiger partial charge in [-0.1, -0.05) is 12.1 Å². The predicted octanol–water partition coefficient (Wildman–Crippen LogP) is -8.35. The quantitative estimate of drug-likeness (QED) is 0.00846. The van der Waals surface area contributed by atoms with E-state index in [-0.39, 0.29) is 80.0 Å². The van der Waals surface area contributed by atoms with Crippen molar-refractivity contribution >= 4 is 101 Å². The number of hydrogen-bond donors (Lipinski definition) is 23. The zero-order valence-electron chi connectivity index (χ0n) is 52.2. The Bertz CT molecular complexity index is 3370. The minimum atomic E-state index is -1.92. The lowest BCUT2D eigenvalue weighted by molar-refractivity contribution is -0.143. The fourth-order valence-electron chi connectivity index (χ4n) is 9.12. The van der Waals surface area contributed by atoms with Gasteiger partial charge in [-0.3, -0.25) is 67.5 Å². The van der Waals surface area contributed by atoms with Crippen LogP contribution in [0.1, 0.15) is 80.4 Å². The second-order valence-electron chi connectivity index (χ2n) is 21.9. The summed E-state index contributed by atoms with van der Waals surface area (Å²) in [4.78, 5) is 204. The van der Waals surface area contributed by atoms with Crippen molar-refractivity contribution in [3.8, 4) is 5.75 Å². The average Bonchev–Trinajstić information content (AvgIpc) is 1.35. The number of aliphatic carboxylic acids is 2. The number of nitrogens with zero attached hydrogens (tertiary/aromatic N) is 5. The van der Waals surface area contributed by atoms with Crippen molar-refractivity contribution in [2.75, 3.05) is 18.8 Å². The molecule has 0 unspecified atom stereocenters. The van der Waals surface area contributed by atoms with Gasteiger partial charge in [0, 0.05) is 93.0 Å². The van der Waals surface area contributed by atoms with E-state index in [4.69, 9.17) is 45.2 Å². The molecule has 0 radical (unpaired) electrons. The third kappa shape index (κ3) is 28.8. The second-order valence-corrected chi connectivity index (χ2v) is 22.3. The molecule has 3 aromatic heterocycles. The maximum atomic E-state index is 14.9. The summed E-state index contributed by atoms with van der Waals surface area (Å²) in [7, 11) is 0. The van der Waals surface area contributed by atoms with Gasteiger partial charge in [-0.05, 0) is 56.2 Å². The number of thiol groups is 1. The summed E-state index contributed by atoms with van der Waals surface area (Å²) in [5.41, 5.74) is 39.7. The standard InChI is InChI=1S/C56H82N24O16S/c57-32(3-1-13-67-55(60)61)45(86)80-41(23-97)53(94)78-37(16-28-20-64-24-69-28)49(90)73-34(9-11-42(58)82)47(88)75-36(15-27-5-7-31(81)8-6-27)48(89)76-38(17-29-21-65-25-70-29)50(91)77-39(18-30-22-66-26-71-30)51(92)79-40(19-43(59)83)52(93)72-33(4-2-14-68-56(62)63)46(87)74-35(54(95)96)10-12-44(84)85/h5-8,20-22,24-26,32-41,81,97H,1-4,9-19,23,57H2,(H2,58,82)(H2,59,83)(H,64,69)(H,65,70)(H,66,71)(H,72,93)(H,73,90)(H,74,87)(H,75,88)(H,76,89)(H,77,91)(H,78,94)(H,79,92)(H,80,86)(H,84,85)(H,95,96)(H4,60,61,67)(H4,62,63,68)/t32-,33-,34-,35-,36-,37-,38-,39-,40-,41-/m0/s1. The lowest BCUT2D eigenvalue weighted by atomic mass is 10.0. The van der Waals surface area contributed by atoms with Crippen molar-refractivity contribution in [3.05, 3.63) is 84.5 Å². The van der Waals surface area contributed by atoms with Crippen molar-refractivity contribution in [2.24, 2.45) is 50.1 Å². The number of nitrogens with two attached hydrogens (primary N) is 7. The van der Waals surface area contributed by atoms with Crippen LogP contribution in [0, 0.1) is 0 Å². The number of carboxylic acids is 2. The Kier molecular flexibility index (Phi) is 32.2. The normalized spacial score (nSPS) is 14.0. The highest BCUT2D eigenvalue weighted by Crippen LogP contribution is 2.15. The van der Waals surface area contributed by atoms with E-state index in [2.05, 4.69) is 100 Å². The molecule has 0 saturated carbocycles. The summed E-state index contributed by atoms with van der Waals surface area (Å²) >= 11 is 4.22. The summed E-state index contributed by atoms with van der Waals surface area (Å²) < 4.78 is 0. The van der Waals surface area contributed by atoms with Crippen molar-refractivity contribution < 1.29 is 77.6 Å². The monoisotopic (exact) mass is 1380 g/mol. The van der Waals surface area contributed by atoms with Crippen LogP contribution in [0.5, 0.6) is 5.75 Å². The van der Waals surface area contributed by atoms with Gasteiger partial charge in [-0.2, -0.15) is 12.6 Å². The number of primary amides is 2. The molecule has 528 valence electrons. The first-order valence-corrected chi connectivity index (χ1v) is 30.6. The van der Waals surface area contributed by atoms with Gasteiger partial charge in [0.1, 0.15) is 60.1 Å². The fourth-order valence-corrected chi connectivity index (χ4v) is 9.38. The molecule has 0 spiro atoms. The highest BCUT2D eigenvalue weighted by Gasteiger charge is 2.37. The molecule has 10 atom stereocenters. The van der Waals surface area contributed by atoms with E-state index < -0.39 is 182 Å². The number of aliphatic imine (C=N–C) groups is 2. The number of hydrogen-bond acceptors (Lipinski definition) is 21. The van der Waals surface area contributed by atoms with Crippen LogP contribution in [0.3, 0.4) is 0 Å². The number of amides is 11. The molecule has 0 aliphatic carbocycles. The number of phenols is 1. The number of aromatic amines is 3. The number of aromatic nitrogens is 6. The van der Waals surface area contributed by atoms with Gasteiger partial charge < -0.3 is 118 Å². The van der Waals surface area contributed by atoms with Gasteiger partial charge in [0.25, 0.3) is 0 Å². The summed E-state index contributed by atoms with van der Waals surface area (Å²) in [6, 6.07) is -10.8. The largest absolute Gasteiger partial charge is 0.508 e. The van der Waals surface area contributed by atoms with Crippen LogP contribution in [0.25, 0.3) is 0 Å². The Morgan fingerprint density at radius 2 is 0.804 bits per heavy atom. The van der Waals surface area contributed by atoms with Gasteiger partial charge >= 0.3 is 11.9 Å². The second kappa shape index (κ2) is 40.0. The third-order valence-electron chi connectivity index (χ3n) is 14.2. The molecule has 0 bridgehead atoms. The summed E-state index contributed by atoms with van der Waals surface area (Å²) in [6.45, 7) is 0.0726. The van der Waals surface area contributed by atoms with E-state index in [0.29, 0.717) is 17.7 Å². The Hall–Kier alpha value is -11.4. The minimum Gasteiger partial charge on any atom is -0.508 e. The van der Waals surface area contributed by atoms with Crippen molar-refractivity contribution in [2.45, 2.75) is 144 Å². The molecule has 4 rings (SSSR count). The van der Waals surface area contributed by atoms with E-state index in [9.17, 15) is 72.5 Å². The lowest BCUT2D eigenvalue weighted by Gasteiger charge is -2.28. The molecule has 29 N–H and O–H groups in total. The molecule has 4 aromatic rings. The number of benzene rings is 1. The molecule has 0 aliphatic rings. The van der Waals surface area contributed by atoms with Crippen LogP contribution in [0.15, 0.2) is 71.8 Å². The molecule has 41 heteroatoms. The molecule has 0 fully saturated rings. The van der Waals surface area contributed by atoms with Gasteiger partial charge in [-0.15, -0.1) is 0 Å². The number of rotatable bonds is 44. The molecular formula is C56H82N24O16S. The SMILES string of the molecule is NC(=O)CC[C@H](NC(=O)[C@H](Cc1cnc[nH]1)NC(=O)[C@H](CS)NC(=O)[C@@H](N)CCCN=C(N)N)C(=O)N[C@@H](Cc1ccc(O)cc1)C(=O)N[C@@H](Cc1cnc[nH]1)C(=O)N[C@@H](Cc1cnc[nH]1)C(=O)N[C@@H](CC(N)=O)C(=O)N[C@@H](CCCN=C(N)N)C(=O)N[C@@H](CCC(=O)O)C(=O)O. The Labute approximate surface area is 558 Å². The number of H-pyrrole nitrogens is 3. The summed E-state index contributed by atoms with van der Waals surface area (Å²) in [6.07, 6.45) is 3.14. The average molecular weight is 1380 g/mol.